The average molecular weight is 462 g/mol. The first kappa shape index (κ1) is 24.1. The van der Waals surface area contributed by atoms with Crippen molar-refractivity contribution < 1.29 is 4.74 Å². The molecule has 0 aliphatic heterocycles. The molecule has 0 unspecified atom stereocenters. The van der Waals surface area contributed by atoms with E-state index in [4.69, 9.17) is 9.73 Å². The number of ether oxygens (including phenoxy) is 1. The van der Waals surface area contributed by atoms with Gasteiger partial charge >= 0.3 is 0 Å². The highest BCUT2D eigenvalue weighted by Crippen LogP contribution is 2.22. The lowest BCUT2D eigenvalue weighted by Gasteiger charge is -2.24. The summed E-state index contributed by atoms with van der Waals surface area (Å²) in [6, 6.07) is 10.6. The summed E-state index contributed by atoms with van der Waals surface area (Å²) in [5.74, 6) is 0.877. The Morgan fingerprint density at radius 2 is 1.84 bits per heavy atom. The van der Waals surface area contributed by atoms with Crippen LogP contribution in [-0.4, -0.2) is 64.3 Å². The number of nitrogens with zero attached hydrogens (tertiary/aromatic N) is 2. The van der Waals surface area contributed by atoms with Crippen LogP contribution in [0.3, 0.4) is 0 Å². The van der Waals surface area contributed by atoms with Crippen LogP contribution in [0.4, 0.5) is 0 Å². The quantitative estimate of drug-likeness (QED) is 0.319. The summed E-state index contributed by atoms with van der Waals surface area (Å²) in [5, 5.41) is 6.73. The van der Waals surface area contributed by atoms with E-state index in [1.54, 1.807) is 7.11 Å². The molecule has 0 saturated heterocycles. The number of methoxy groups -OCH3 is 1. The number of nitrogens with one attached hydrogen (secondary N) is 2. The van der Waals surface area contributed by atoms with Gasteiger partial charge in [0.05, 0.1) is 13.2 Å². The zero-order valence-electron chi connectivity index (χ0n) is 16.3. The van der Waals surface area contributed by atoms with Crippen LogP contribution >= 0.6 is 24.0 Å². The molecule has 1 rings (SSSR count). The third kappa shape index (κ3) is 10.0. The molecule has 0 heterocycles. The minimum atomic E-state index is 0. The van der Waals surface area contributed by atoms with Gasteiger partial charge in [0.15, 0.2) is 5.96 Å². The van der Waals surface area contributed by atoms with Crippen molar-refractivity contribution in [2.24, 2.45) is 4.99 Å². The van der Waals surface area contributed by atoms with Gasteiger partial charge in [0.1, 0.15) is 0 Å². The molecule has 0 aliphatic rings. The highest BCUT2D eigenvalue weighted by Gasteiger charge is 2.19. The van der Waals surface area contributed by atoms with Crippen molar-refractivity contribution in [3.63, 3.8) is 0 Å². The van der Waals surface area contributed by atoms with Crippen molar-refractivity contribution in [1.82, 2.24) is 15.5 Å². The Bertz CT molecular complexity index is 480. The number of likely N-dealkylation sites (N-methyl/N-ethyl adjacent to an activating group) is 1. The topological polar surface area (TPSA) is 48.9 Å². The number of halogens is 1. The monoisotopic (exact) mass is 462 g/mol. The van der Waals surface area contributed by atoms with E-state index in [0.29, 0.717) is 0 Å². The largest absolute Gasteiger partial charge is 0.383 e. The third-order valence-electron chi connectivity index (χ3n) is 4.00. The predicted molar refractivity (Wildman–Crippen MR) is 118 cm³/mol. The van der Waals surface area contributed by atoms with E-state index in [-0.39, 0.29) is 29.4 Å². The maximum Gasteiger partial charge on any atom is 0.191 e. The molecule has 25 heavy (non-hydrogen) atoms. The summed E-state index contributed by atoms with van der Waals surface area (Å²) in [7, 11) is 3.83. The van der Waals surface area contributed by atoms with Crippen LogP contribution in [0.15, 0.2) is 35.3 Å². The average Bonchev–Trinajstić information content (AvgIpc) is 2.58. The summed E-state index contributed by atoms with van der Waals surface area (Å²) < 4.78 is 5.10. The Morgan fingerprint density at radius 3 is 2.44 bits per heavy atom. The molecule has 0 fully saturated rings. The normalized spacial score (nSPS) is 12.0. The van der Waals surface area contributed by atoms with E-state index in [9.17, 15) is 0 Å². The van der Waals surface area contributed by atoms with Gasteiger partial charge in [-0.25, -0.2) is 0 Å². The molecule has 0 radical (unpaired) electrons. The standard InChI is InChI=1S/C19H34N4O.HI/c1-6-20-18(21-12-13-23(4)14-15-24-5)22-16-19(2,3)17-10-8-7-9-11-17;/h7-11H,6,12-16H2,1-5H3,(H2,20,21,22);1H. The SMILES string of the molecule is CCNC(=NCC(C)(C)c1ccccc1)NCCN(C)CCOC.I. The molecule has 0 atom stereocenters. The van der Waals surface area contributed by atoms with Gasteiger partial charge in [-0.1, -0.05) is 44.2 Å². The number of guanidine groups is 1. The van der Waals surface area contributed by atoms with Crippen LogP contribution in [0.25, 0.3) is 0 Å². The minimum Gasteiger partial charge on any atom is -0.383 e. The van der Waals surface area contributed by atoms with Gasteiger partial charge in [-0.05, 0) is 19.5 Å². The number of benzene rings is 1. The van der Waals surface area contributed by atoms with Gasteiger partial charge < -0.3 is 20.3 Å². The van der Waals surface area contributed by atoms with Crippen molar-refractivity contribution in [2.75, 3.05) is 53.5 Å². The Kier molecular flexibility index (Phi) is 12.9. The van der Waals surface area contributed by atoms with Gasteiger partial charge in [0.25, 0.3) is 0 Å². The van der Waals surface area contributed by atoms with E-state index in [0.717, 1.165) is 45.3 Å². The first-order valence-corrected chi connectivity index (χ1v) is 8.74. The van der Waals surface area contributed by atoms with Crippen molar-refractivity contribution in [1.29, 1.82) is 0 Å². The zero-order chi connectivity index (χ0) is 17.8. The molecule has 0 amide bonds. The highest BCUT2D eigenvalue weighted by atomic mass is 127. The number of rotatable bonds is 10. The Labute approximate surface area is 170 Å². The summed E-state index contributed by atoms with van der Waals surface area (Å²) >= 11 is 0. The fourth-order valence-electron chi connectivity index (χ4n) is 2.32. The summed E-state index contributed by atoms with van der Waals surface area (Å²) in [6.45, 7) is 11.7. The molecule has 6 heteroatoms. The molecule has 0 aromatic heterocycles. The molecular formula is C19H35IN4O. The van der Waals surface area contributed by atoms with E-state index in [2.05, 4.69) is 73.7 Å². The van der Waals surface area contributed by atoms with Crippen molar-refractivity contribution in [2.45, 2.75) is 26.2 Å². The van der Waals surface area contributed by atoms with Crippen LogP contribution in [-0.2, 0) is 10.2 Å². The second-order valence-corrected chi connectivity index (χ2v) is 6.67. The fourth-order valence-corrected chi connectivity index (χ4v) is 2.32. The third-order valence-corrected chi connectivity index (χ3v) is 4.00. The summed E-state index contributed by atoms with van der Waals surface area (Å²) in [6.07, 6.45) is 0. The summed E-state index contributed by atoms with van der Waals surface area (Å²) in [4.78, 5) is 7.02. The first-order valence-electron chi connectivity index (χ1n) is 8.74. The Hall–Kier alpha value is -0.860. The van der Waals surface area contributed by atoms with Crippen LogP contribution in [0.2, 0.25) is 0 Å². The molecule has 1 aromatic carbocycles. The molecule has 2 N–H and O–H groups in total. The van der Waals surface area contributed by atoms with Crippen LogP contribution < -0.4 is 10.6 Å². The van der Waals surface area contributed by atoms with Gasteiger partial charge in [0, 0.05) is 38.7 Å². The molecule has 0 bridgehead atoms. The fraction of sp³-hybridized carbons (Fsp3) is 0.632. The maximum atomic E-state index is 5.10. The lowest BCUT2D eigenvalue weighted by Crippen LogP contribution is -2.42. The zero-order valence-corrected chi connectivity index (χ0v) is 18.7. The summed E-state index contributed by atoms with van der Waals surface area (Å²) in [5.41, 5.74) is 1.32. The van der Waals surface area contributed by atoms with Crippen LogP contribution in [0.5, 0.6) is 0 Å². The van der Waals surface area contributed by atoms with Crippen molar-refractivity contribution >= 4 is 29.9 Å². The second-order valence-electron chi connectivity index (χ2n) is 6.67. The lowest BCUT2D eigenvalue weighted by molar-refractivity contribution is 0.162. The van der Waals surface area contributed by atoms with Crippen molar-refractivity contribution in [3.05, 3.63) is 35.9 Å². The van der Waals surface area contributed by atoms with Gasteiger partial charge in [-0.15, -0.1) is 24.0 Å². The van der Waals surface area contributed by atoms with E-state index in [1.165, 1.54) is 5.56 Å². The van der Waals surface area contributed by atoms with Gasteiger partial charge in [0.2, 0.25) is 0 Å². The molecule has 144 valence electrons. The molecule has 1 aromatic rings. The first-order chi connectivity index (χ1) is 11.5. The molecule has 0 aliphatic carbocycles. The Balaban J connectivity index is 0.00000576. The molecule has 0 saturated carbocycles. The van der Waals surface area contributed by atoms with Crippen LogP contribution in [0.1, 0.15) is 26.3 Å². The molecular weight excluding hydrogens is 427 g/mol. The van der Waals surface area contributed by atoms with E-state index in [1.807, 2.05) is 0 Å². The van der Waals surface area contributed by atoms with E-state index >= 15 is 0 Å². The maximum absolute atomic E-state index is 5.10. The van der Waals surface area contributed by atoms with Crippen LogP contribution in [0, 0.1) is 0 Å². The van der Waals surface area contributed by atoms with Gasteiger partial charge in [-0.3, -0.25) is 4.99 Å². The predicted octanol–water partition coefficient (Wildman–Crippen LogP) is 2.72. The number of aliphatic imine (C=N–C) groups is 1. The van der Waals surface area contributed by atoms with E-state index < -0.39 is 0 Å². The lowest BCUT2D eigenvalue weighted by atomic mass is 9.85. The number of hydrogen-bond donors (Lipinski definition) is 2. The highest BCUT2D eigenvalue weighted by molar-refractivity contribution is 14.0. The second kappa shape index (κ2) is 13.4. The number of hydrogen-bond acceptors (Lipinski definition) is 3. The van der Waals surface area contributed by atoms with Crippen molar-refractivity contribution in [3.8, 4) is 0 Å². The molecule has 0 spiro atoms. The molecule has 5 nitrogen and oxygen atoms in total. The minimum absolute atomic E-state index is 0. The smallest absolute Gasteiger partial charge is 0.191 e. The van der Waals surface area contributed by atoms with Gasteiger partial charge in [-0.2, -0.15) is 0 Å². The Morgan fingerprint density at radius 1 is 1.16 bits per heavy atom.